The van der Waals surface area contributed by atoms with Gasteiger partial charge in [0, 0.05) is 43.9 Å². The second-order valence-corrected chi connectivity index (χ2v) is 17.7. The number of aromatic nitrogens is 2. The zero-order chi connectivity index (χ0) is 49.3. The quantitative estimate of drug-likeness (QED) is 0.0747. The van der Waals surface area contributed by atoms with Gasteiger partial charge in [0.1, 0.15) is 66.8 Å². The summed E-state index contributed by atoms with van der Waals surface area (Å²) in [5.74, 6) is -2.53. The summed E-state index contributed by atoms with van der Waals surface area (Å²) in [4.78, 5) is 76.7. The van der Waals surface area contributed by atoms with Crippen molar-refractivity contribution < 1.29 is 33.4 Å². The third-order valence-electron chi connectivity index (χ3n) is 11.7. The minimum absolute atomic E-state index is 0.00250. The van der Waals surface area contributed by atoms with Crippen LogP contribution in [0.1, 0.15) is 73.0 Å². The molecule has 3 aromatic carbocycles. The minimum atomic E-state index is -1.40. The van der Waals surface area contributed by atoms with Crippen LogP contribution in [0.25, 0.3) is 27.9 Å². The maximum atomic E-state index is 14.8. The summed E-state index contributed by atoms with van der Waals surface area (Å²) >= 11 is 0. The Kier molecular flexibility index (Phi) is 16.2. The third-order valence-corrected chi connectivity index (χ3v) is 11.7. The molecule has 1 aliphatic heterocycles. The Morgan fingerprint density at radius 1 is 0.897 bits per heavy atom. The number of imidazole rings is 1. The van der Waals surface area contributed by atoms with E-state index < -0.39 is 53.7 Å². The number of hydrogen-bond donors (Lipinski definition) is 7. The van der Waals surface area contributed by atoms with Crippen molar-refractivity contribution >= 4 is 35.2 Å². The van der Waals surface area contributed by atoms with E-state index in [0.29, 0.717) is 45.1 Å². The second kappa shape index (κ2) is 22.0. The van der Waals surface area contributed by atoms with Gasteiger partial charge in [0.05, 0.1) is 11.8 Å². The number of likely N-dealkylation sites (N-methyl/N-ethyl adjacent to an activating group) is 1. The predicted octanol–water partition coefficient (Wildman–Crippen LogP) is 2.78. The zero-order valence-electron chi connectivity index (χ0n) is 39.4. The molecular weight excluding hydrogens is 867 g/mol. The lowest BCUT2D eigenvalue weighted by Gasteiger charge is -2.32. The van der Waals surface area contributed by atoms with Crippen LogP contribution >= 0.6 is 0 Å². The number of amides is 5. The average molecular weight is 928 g/mol. The predicted molar refractivity (Wildman–Crippen MR) is 257 cm³/mol. The number of ether oxygens (including phenoxy) is 2. The largest absolute Gasteiger partial charge is 0.492 e. The Hall–Kier alpha value is -7.33. The first-order valence-electron chi connectivity index (χ1n) is 22.5. The molecule has 1 aliphatic rings. The SMILES string of the molecule is Cc1nc2cc(-c3ccc(C(C)(C)C)cc3)ccn2c1C(=O)NC(CCN)C(=O)N(C)[C@@H]1C(=O)N[C@@H](C)C(=O)N[C@H](C(=O)NCC#N)Cc2ccc(OCCN)c(c2)-c2cc1ccc2OCCN. The highest BCUT2D eigenvalue weighted by Crippen LogP contribution is 2.40. The van der Waals surface area contributed by atoms with E-state index in [9.17, 15) is 29.2 Å². The molecule has 68 heavy (non-hydrogen) atoms. The number of hydrogen-bond acceptors (Lipinski definition) is 12. The number of carbonyl (C=O) groups excluding carboxylic acids is 5. The Labute approximate surface area is 395 Å². The van der Waals surface area contributed by atoms with Crippen LogP contribution < -0.4 is 47.9 Å². The number of nitriles is 1. The average Bonchev–Trinajstić information content (AvgIpc) is 3.65. The van der Waals surface area contributed by atoms with Gasteiger partial charge in [0.2, 0.25) is 23.6 Å². The number of aryl methyl sites for hydroxylation is 1. The Morgan fingerprint density at radius 3 is 2.19 bits per heavy atom. The van der Waals surface area contributed by atoms with E-state index in [0.717, 1.165) is 11.1 Å². The summed E-state index contributed by atoms with van der Waals surface area (Å²) < 4.78 is 13.9. The van der Waals surface area contributed by atoms with Crippen LogP contribution in [0.3, 0.4) is 0 Å². The van der Waals surface area contributed by atoms with Gasteiger partial charge in [-0.2, -0.15) is 5.26 Å². The van der Waals surface area contributed by atoms with Gasteiger partial charge in [-0.1, -0.05) is 57.2 Å². The molecule has 0 saturated carbocycles. The van der Waals surface area contributed by atoms with Gasteiger partial charge < -0.3 is 52.8 Å². The molecule has 0 saturated heterocycles. The standard InChI is InChI=1S/C50H61N11O7/c1-29-43(61-22-16-33(28-42(61)56-29)32-8-11-35(12-9-32)50(3,4)5)47(64)58-38(15-17-51)49(66)60(6)44-34-10-14-41(68-24-20-54)37(27-34)36-25-31(7-13-40(36)67-23-19-53)26-39(46(63)55-21-18-52)59-45(62)30(2)57-48(44)65/h7-14,16,22,25,27-28,30,38-39,44H,15,17,19-21,23-24,26,51,53-54H2,1-6H3,(H,55,63)(H,57,65)(H,58,64)(H,59,62)/t30-,38?,39-,44-/m0/s1. The lowest BCUT2D eigenvalue weighted by atomic mass is 9.86. The van der Waals surface area contributed by atoms with E-state index in [1.165, 1.54) is 24.4 Å². The van der Waals surface area contributed by atoms with Crippen LogP contribution in [0.2, 0.25) is 0 Å². The smallest absolute Gasteiger partial charge is 0.270 e. The highest BCUT2D eigenvalue weighted by molar-refractivity contribution is 6.00. The molecule has 0 fully saturated rings. The topological polar surface area (TPSA) is 274 Å². The normalized spacial score (nSPS) is 16.6. The van der Waals surface area contributed by atoms with E-state index in [1.54, 1.807) is 53.9 Å². The van der Waals surface area contributed by atoms with E-state index in [4.69, 9.17) is 31.7 Å². The molecule has 5 aromatic rings. The highest BCUT2D eigenvalue weighted by atomic mass is 16.5. The molecule has 18 nitrogen and oxygen atoms in total. The van der Waals surface area contributed by atoms with Crippen LogP contribution in [0.4, 0.5) is 0 Å². The molecule has 0 spiro atoms. The van der Waals surface area contributed by atoms with Gasteiger partial charge in [-0.3, -0.25) is 28.4 Å². The van der Waals surface area contributed by atoms with E-state index in [2.05, 4.69) is 66.3 Å². The van der Waals surface area contributed by atoms with Crippen molar-refractivity contribution in [3.05, 3.63) is 107 Å². The fourth-order valence-electron chi connectivity index (χ4n) is 8.13. The van der Waals surface area contributed by atoms with Crippen molar-refractivity contribution in [3.8, 4) is 39.8 Å². The van der Waals surface area contributed by atoms with Crippen molar-refractivity contribution in [2.75, 3.05) is 46.4 Å². The summed E-state index contributed by atoms with van der Waals surface area (Å²) in [5, 5.41) is 20.0. The van der Waals surface area contributed by atoms with Crippen LogP contribution in [0.15, 0.2) is 79.0 Å². The molecule has 18 heteroatoms. The van der Waals surface area contributed by atoms with E-state index in [-0.39, 0.29) is 63.3 Å². The molecule has 4 atom stereocenters. The number of pyridine rings is 1. The molecule has 0 radical (unpaired) electrons. The minimum Gasteiger partial charge on any atom is -0.492 e. The van der Waals surface area contributed by atoms with Gasteiger partial charge in [-0.25, -0.2) is 4.98 Å². The summed E-state index contributed by atoms with van der Waals surface area (Å²) in [5.41, 5.74) is 23.9. The third kappa shape index (κ3) is 11.4. The fourth-order valence-corrected chi connectivity index (χ4v) is 8.13. The summed E-state index contributed by atoms with van der Waals surface area (Å²) in [6.45, 7) is 10.0. The summed E-state index contributed by atoms with van der Waals surface area (Å²) in [7, 11) is 1.43. The van der Waals surface area contributed by atoms with Gasteiger partial charge in [-0.15, -0.1) is 0 Å². The molecule has 2 aromatic heterocycles. The molecule has 5 amide bonds. The number of carbonyl (C=O) groups is 5. The van der Waals surface area contributed by atoms with Gasteiger partial charge >= 0.3 is 0 Å². The number of nitrogens with one attached hydrogen (secondary N) is 4. The van der Waals surface area contributed by atoms with Crippen LogP contribution in [0.5, 0.6) is 11.5 Å². The Bertz CT molecular complexity index is 2700. The first kappa shape index (κ1) is 50.1. The van der Waals surface area contributed by atoms with Gasteiger partial charge in [0.15, 0.2) is 0 Å². The maximum absolute atomic E-state index is 14.8. The van der Waals surface area contributed by atoms with Gasteiger partial charge in [0.25, 0.3) is 5.91 Å². The van der Waals surface area contributed by atoms with Crippen LogP contribution in [0, 0.1) is 18.3 Å². The van der Waals surface area contributed by atoms with Crippen LogP contribution in [-0.2, 0) is 31.0 Å². The molecule has 3 heterocycles. The van der Waals surface area contributed by atoms with Crippen molar-refractivity contribution in [1.82, 2.24) is 35.6 Å². The molecular formula is C50H61N11O7. The maximum Gasteiger partial charge on any atom is 0.270 e. The number of rotatable bonds is 15. The Balaban J connectivity index is 1.39. The van der Waals surface area contributed by atoms with Crippen LogP contribution in [-0.4, -0.2) is 108 Å². The number of benzene rings is 3. The second-order valence-electron chi connectivity index (χ2n) is 17.7. The highest BCUT2D eigenvalue weighted by Gasteiger charge is 2.36. The number of fused-ring (bicyclic) bond motifs is 6. The molecule has 10 N–H and O–H groups in total. The molecule has 0 aliphatic carbocycles. The lowest BCUT2D eigenvalue weighted by molar-refractivity contribution is -0.141. The first-order valence-corrected chi connectivity index (χ1v) is 22.5. The zero-order valence-corrected chi connectivity index (χ0v) is 39.4. The van der Waals surface area contributed by atoms with E-state index >= 15 is 0 Å². The van der Waals surface area contributed by atoms with E-state index in [1.807, 2.05) is 18.2 Å². The lowest BCUT2D eigenvalue weighted by Crippen LogP contribution is -2.56. The molecule has 4 bridgehead atoms. The number of nitrogens with two attached hydrogens (primary N) is 3. The summed E-state index contributed by atoms with van der Waals surface area (Å²) in [6.07, 6.45) is 1.78. The Morgan fingerprint density at radius 2 is 1.56 bits per heavy atom. The number of nitrogens with zero attached hydrogens (tertiary/aromatic N) is 4. The molecule has 6 rings (SSSR count). The van der Waals surface area contributed by atoms with Crippen molar-refractivity contribution in [2.45, 2.75) is 77.0 Å². The van der Waals surface area contributed by atoms with Crippen molar-refractivity contribution in [1.29, 1.82) is 5.26 Å². The first-order chi connectivity index (χ1) is 32.5. The molecule has 358 valence electrons. The monoisotopic (exact) mass is 927 g/mol. The summed E-state index contributed by atoms with van der Waals surface area (Å²) in [6, 6.07) is 19.2. The molecule has 1 unspecified atom stereocenters. The fraction of sp³-hybridized carbons (Fsp3) is 0.380. The van der Waals surface area contributed by atoms with Crippen molar-refractivity contribution in [2.24, 2.45) is 17.2 Å². The van der Waals surface area contributed by atoms with Gasteiger partial charge in [-0.05, 0) is 96.4 Å². The van der Waals surface area contributed by atoms with Crippen molar-refractivity contribution in [3.63, 3.8) is 0 Å².